The van der Waals surface area contributed by atoms with E-state index in [2.05, 4.69) is 4.90 Å². The number of piperazine rings is 1. The second kappa shape index (κ2) is 6.18. The van der Waals surface area contributed by atoms with Crippen LogP contribution in [0.25, 0.3) is 0 Å². The van der Waals surface area contributed by atoms with Gasteiger partial charge in [-0.1, -0.05) is 23.2 Å². The molecule has 1 heterocycles. The second-order valence-electron chi connectivity index (χ2n) is 4.72. The third kappa shape index (κ3) is 3.45. The molecule has 19 heavy (non-hydrogen) atoms. The number of ketones is 1. The lowest BCUT2D eigenvalue weighted by molar-refractivity contribution is 0.0876. The van der Waals surface area contributed by atoms with Gasteiger partial charge in [-0.2, -0.15) is 0 Å². The highest BCUT2D eigenvalue weighted by atomic mass is 35.5. The zero-order valence-electron chi connectivity index (χ0n) is 10.6. The van der Waals surface area contributed by atoms with Crippen molar-refractivity contribution in [1.29, 1.82) is 0 Å². The lowest BCUT2D eigenvalue weighted by Crippen LogP contribution is -2.46. The number of rotatable bonds is 3. The highest BCUT2D eigenvalue weighted by molar-refractivity contribution is 6.40. The summed E-state index contributed by atoms with van der Waals surface area (Å²) in [6.45, 7) is 3.67. The predicted molar refractivity (Wildman–Crippen MR) is 74.7 cm³/mol. The summed E-state index contributed by atoms with van der Waals surface area (Å²) in [5, 5.41) is 0.0113. The Balaban J connectivity index is 2.10. The van der Waals surface area contributed by atoms with Gasteiger partial charge in [0.05, 0.1) is 22.2 Å². The number of hydrogen-bond donors (Lipinski definition) is 0. The Bertz CT molecular complexity index is 488. The molecule has 3 nitrogen and oxygen atoms in total. The van der Waals surface area contributed by atoms with Gasteiger partial charge in [-0.3, -0.25) is 9.69 Å². The van der Waals surface area contributed by atoms with Crippen LogP contribution < -0.4 is 0 Å². The Morgan fingerprint density at radius 2 is 1.89 bits per heavy atom. The average Bonchev–Trinajstić information content (AvgIpc) is 2.37. The molecular weight excluding hydrogens is 290 g/mol. The molecule has 6 heteroatoms. The number of carbonyl (C=O) groups excluding carboxylic acids is 1. The lowest BCUT2D eigenvalue weighted by Gasteiger charge is -2.31. The van der Waals surface area contributed by atoms with Crippen LogP contribution in [0.4, 0.5) is 4.39 Å². The number of hydrogen-bond acceptors (Lipinski definition) is 3. The van der Waals surface area contributed by atoms with Crippen molar-refractivity contribution in [2.24, 2.45) is 0 Å². The molecule has 0 radical (unpaired) electrons. The first-order valence-electron chi connectivity index (χ1n) is 6.06. The third-order valence-electron chi connectivity index (χ3n) is 3.29. The fourth-order valence-corrected chi connectivity index (χ4v) is 2.65. The van der Waals surface area contributed by atoms with E-state index in [1.165, 1.54) is 6.07 Å². The van der Waals surface area contributed by atoms with Crippen LogP contribution in [0.3, 0.4) is 0 Å². The second-order valence-corrected chi connectivity index (χ2v) is 5.51. The Morgan fingerprint density at radius 3 is 2.53 bits per heavy atom. The van der Waals surface area contributed by atoms with Gasteiger partial charge in [-0.05, 0) is 19.2 Å². The van der Waals surface area contributed by atoms with E-state index in [1.54, 1.807) is 0 Å². The van der Waals surface area contributed by atoms with Crippen molar-refractivity contribution in [3.8, 4) is 0 Å². The summed E-state index contributed by atoms with van der Waals surface area (Å²) in [5.41, 5.74) is 0.0854. The monoisotopic (exact) mass is 304 g/mol. The zero-order chi connectivity index (χ0) is 14.0. The van der Waals surface area contributed by atoms with Crippen molar-refractivity contribution >= 4 is 29.0 Å². The first kappa shape index (κ1) is 14.7. The van der Waals surface area contributed by atoms with Gasteiger partial charge < -0.3 is 4.90 Å². The van der Waals surface area contributed by atoms with Crippen LogP contribution >= 0.6 is 23.2 Å². The maximum atomic E-state index is 13.4. The fourth-order valence-electron chi connectivity index (χ4n) is 2.07. The largest absolute Gasteiger partial charge is 0.304 e. The first-order chi connectivity index (χ1) is 8.99. The van der Waals surface area contributed by atoms with Crippen molar-refractivity contribution in [2.75, 3.05) is 39.8 Å². The molecule has 104 valence electrons. The molecule has 0 unspecified atom stereocenters. The van der Waals surface area contributed by atoms with Gasteiger partial charge in [-0.15, -0.1) is 0 Å². The Labute approximate surface area is 121 Å². The molecule has 0 bridgehead atoms. The highest BCUT2D eigenvalue weighted by Gasteiger charge is 2.22. The normalized spacial score (nSPS) is 17.7. The molecule has 1 aromatic rings. The summed E-state index contributed by atoms with van der Waals surface area (Å²) in [4.78, 5) is 16.4. The van der Waals surface area contributed by atoms with Crippen LogP contribution in [0.1, 0.15) is 10.4 Å². The average molecular weight is 305 g/mol. The standard InChI is InChI=1S/C13H15Cl2FN2O/c1-17-4-6-18(7-5-17)8-11(19)12-9(14)2-3-10(16)13(12)15/h2-3H,4-8H2,1H3. The van der Waals surface area contributed by atoms with Gasteiger partial charge in [0.25, 0.3) is 0 Å². The summed E-state index contributed by atoms with van der Waals surface area (Å²) in [7, 11) is 2.04. The van der Waals surface area contributed by atoms with E-state index in [0.717, 1.165) is 32.2 Å². The van der Waals surface area contributed by atoms with Crippen LogP contribution in [-0.2, 0) is 0 Å². The van der Waals surface area contributed by atoms with Crippen LogP contribution in [0, 0.1) is 5.82 Å². The topological polar surface area (TPSA) is 23.6 Å². The minimum absolute atomic E-state index is 0.0854. The van der Waals surface area contributed by atoms with Gasteiger partial charge in [0.1, 0.15) is 5.82 Å². The summed E-state index contributed by atoms with van der Waals surface area (Å²) in [6, 6.07) is 2.53. The molecule has 1 aliphatic rings. The molecule has 1 fully saturated rings. The van der Waals surface area contributed by atoms with Crippen LogP contribution in [0.15, 0.2) is 12.1 Å². The molecule has 0 atom stereocenters. The number of nitrogens with zero attached hydrogens (tertiary/aromatic N) is 2. The van der Waals surface area contributed by atoms with E-state index in [4.69, 9.17) is 23.2 Å². The Morgan fingerprint density at radius 1 is 1.26 bits per heavy atom. The molecule has 0 aliphatic carbocycles. The number of benzene rings is 1. The SMILES string of the molecule is CN1CCN(CC(=O)c2c(Cl)ccc(F)c2Cl)CC1. The molecule has 1 saturated heterocycles. The van der Waals surface area contributed by atoms with E-state index >= 15 is 0 Å². The van der Waals surface area contributed by atoms with Gasteiger partial charge >= 0.3 is 0 Å². The summed E-state index contributed by atoms with van der Waals surface area (Å²) in [5.74, 6) is -0.855. The summed E-state index contributed by atoms with van der Waals surface area (Å²) in [6.07, 6.45) is 0. The van der Waals surface area contributed by atoms with Gasteiger partial charge in [0.15, 0.2) is 5.78 Å². The van der Waals surface area contributed by atoms with Crippen molar-refractivity contribution in [1.82, 2.24) is 9.80 Å². The summed E-state index contributed by atoms with van der Waals surface area (Å²) >= 11 is 11.8. The fraction of sp³-hybridized carbons (Fsp3) is 0.462. The minimum atomic E-state index is -0.618. The smallest absolute Gasteiger partial charge is 0.179 e. The van der Waals surface area contributed by atoms with Gasteiger partial charge in [0.2, 0.25) is 0 Å². The molecule has 2 rings (SSSR count). The van der Waals surface area contributed by atoms with Crippen molar-refractivity contribution in [3.63, 3.8) is 0 Å². The van der Waals surface area contributed by atoms with Crippen LogP contribution in [0.5, 0.6) is 0 Å². The molecule has 0 N–H and O–H groups in total. The van der Waals surface area contributed by atoms with E-state index in [1.807, 2.05) is 11.9 Å². The first-order valence-corrected chi connectivity index (χ1v) is 6.82. The molecule has 0 spiro atoms. The predicted octanol–water partition coefficient (Wildman–Crippen LogP) is 2.56. The molecule has 1 aliphatic heterocycles. The van der Waals surface area contributed by atoms with Crippen molar-refractivity contribution < 1.29 is 9.18 Å². The van der Waals surface area contributed by atoms with E-state index in [-0.39, 0.29) is 27.9 Å². The number of carbonyl (C=O) groups is 1. The molecule has 1 aromatic carbocycles. The molecule has 0 saturated carbocycles. The lowest BCUT2D eigenvalue weighted by atomic mass is 10.1. The van der Waals surface area contributed by atoms with Crippen molar-refractivity contribution in [2.45, 2.75) is 0 Å². The number of halogens is 3. The Kier molecular flexibility index (Phi) is 4.79. The van der Waals surface area contributed by atoms with Gasteiger partial charge in [0, 0.05) is 26.2 Å². The van der Waals surface area contributed by atoms with E-state index in [9.17, 15) is 9.18 Å². The van der Waals surface area contributed by atoms with Crippen LogP contribution in [-0.4, -0.2) is 55.4 Å². The van der Waals surface area contributed by atoms with Crippen molar-refractivity contribution in [3.05, 3.63) is 33.6 Å². The third-order valence-corrected chi connectivity index (χ3v) is 3.97. The highest BCUT2D eigenvalue weighted by Crippen LogP contribution is 2.27. The molecule has 0 amide bonds. The quantitative estimate of drug-likeness (QED) is 0.633. The van der Waals surface area contributed by atoms with E-state index in [0.29, 0.717) is 0 Å². The number of Topliss-reactive ketones (excluding diaryl/α,β-unsaturated/α-hetero) is 1. The zero-order valence-corrected chi connectivity index (χ0v) is 12.1. The molecule has 0 aromatic heterocycles. The number of likely N-dealkylation sites (N-methyl/N-ethyl adjacent to an activating group) is 1. The maximum Gasteiger partial charge on any atom is 0.179 e. The van der Waals surface area contributed by atoms with E-state index < -0.39 is 5.82 Å². The van der Waals surface area contributed by atoms with Crippen LogP contribution in [0.2, 0.25) is 10.0 Å². The summed E-state index contributed by atoms with van der Waals surface area (Å²) < 4.78 is 13.4. The molecular formula is C13H15Cl2FN2O. The maximum absolute atomic E-state index is 13.4. The van der Waals surface area contributed by atoms with Gasteiger partial charge in [-0.25, -0.2) is 4.39 Å². The minimum Gasteiger partial charge on any atom is -0.304 e. The Hall–Kier alpha value is -0.680.